The van der Waals surface area contributed by atoms with E-state index in [0.29, 0.717) is 5.66 Å². The van der Waals surface area contributed by atoms with E-state index in [1.807, 2.05) is 27.7 Å². The van der Waals surface area contributed by atoms with Gasteiger partial charge in [-0.1, -0.05) is 90.0 Å². The molecule has 0 aliphatic heterocycles. The maximum absolute atomic E-state index is 2.48. The Kier molecular flexibility index (Phi) is 16.6. The molecule has 2 rings (SSSR count). The van der Waals surface area contributed by atoms with Crippen LogP contribution in [-0.4, -0.2) is 11.8 Å². The van der Waals surface area contributed by atoms with Gasteiger partial charge in [-0.3, -0.25) is 0 Å². The number of allylic oxidation sites excluding steroid dienone is 8. The molecular formula is C28H46P+. The van der Waals surface area contributed by atoms with Crippen LogP contribution in [0.2, 0.25) is 0 Å². The molecule has 0 aromatic heterocycles. The van der Waals surface area contributed by atoms with Gasteiger partial charge in [0.2, 0.25) is 0 Å². The van der Waals surface area contributed by atoms with Crippen molar-refractivity contribution in [3.63, 3.8) is 0 Å². The van der Waals surface area contributed by atoms with Crippen LogP contribution >= 0.6 is 7.26 Å². The topological polar surface area (TPSA) is 0 Å². The molecule has 0 fully saturated rings. The van der Waals surface area contributed by atoms with Crippen molar-refractivity contribution in [1.82, 2.24) is 0 Å². The predicted molar refractivity (Wildman–Crippen MR) is 140 cm³/mol. The van der Waals surface area contributed by atoms with E-state index in [0.717, 1.165) is 0 Å². The number of unbranched alkanes of at least 4 members (excludes halogenated alkanes) is 3. The molecule has 0 amide bonds. The molecule has 2 atom stereocenters. The van der Waals surface area contributed by atoms with E-state index in [-0.39, 0.29) is 0 Å². The van der Waals surface area contributed by atoms with Gasteiger partial charge in [-0.05, 0) is 57.0 Å². The summed E-state index contributed by atoms with van der Waals surface area (Å²) >= 11 is 0. The number of benzene rings is 1. The Balaban J connectivity index is 0.00000184. The summed E-state index contributed by atoms with van der Waals surface area (Å²) in [6, 6.07) is 11.4. The van der Waals surface area contributed by atoms with Crippen LogP contribution in [0.3, 0.4) is 0 Å². The quantitative estimate of drug-likeness (QED) is 0.215. The van der Waals surface area contributed by atoms with Gasteiger partial charge in [0.1, 0.15) is 5.66 Å². The second-order valence-electron chi connectivity index (χ2n) is 6.82. The third kappa shape index (κ3) is 8.10. The molecule has 1 aromatic carbocycles. The average Bonchev–Trinajstić information content (AvgIpc) is 2.82. The molecule has 0 radical (unpaired) electrons. The van der Waals surface area contributed by atoms with Crippen molar-refractivity contribution in [2.75, 3.05) is 6.16 Å². The van der Waals surface area contributed by atoms with E-state index in [2.05, 4.69) is 93.6 Å². The van der Waals surface area contributed by atoms with Gasteiger partial charge in [-0.25, -0.2) is 0 Å². The van der Waals surface area contributed by atoms with Gasteiger partial charge < -0.3 is 0 Å². The lowest BCUT2D eigenvalue weighted by atomic mass is 10.2. The first kappa shape index (κ1) is 27.6. The van der Waals surface area contributed by atoms with Crippen molar-refractivity contribution in [1.29, 1.82) is 0 Å². The van der Waals surface area contributed by atoms with E-state index < -0.39 is 7.26 Å². The molecule has 0 heterocycles. The Morgan fingerprint density at radius 3 is 2.17 bits per heavy atom. The van der Waals surface area contributed by atoms with Crippen molar-refractivity contribution in [3.05, 3.63) is 78.2 Å². The minimum absolute atomic E-state index is 0.629. The van der Waals surface area contributed by atoms with E-state index in [9.17, 15) is 0 Å². The van der Waals surface area contributed by atoms with Gasteiger partial charge in [-0.15, -0.1) is 0 Å². The fourth-order valence-electron chi connectivity index (χ4n) is 3.96. The molecular weight excluding hydrogens is 367 g/mol. The molecule has 1 heteroatoms. The van der Waals surface area contributed by atoms with Crippen LogP contribution in [0.15, 0.2) is 78.2 Å². The lowest BCUT2D eigenvalue weighted by Gasteiger charge is -2.34. The van der Waals surface area contributed by atoms with Gasteiger partial charge in [0.15, 0.2) is 0 Å². The Morgan fingerprint density at radius 1 is 0.966 bits per heavy atom. The lowest BCUT2D eigenvalue weighted by molar-refractivity contribution is 0.703. The molecule has 29 heavy (non-hydrogen) atoms. The van der Waals surface area contributed by atoms with Gasteiger partial charge >= 0.3 is 0 Å². The summed E-state index contributed by atoms with van der Waals surface area (Å²) in [5.41, 5.74) is 0.629. The Labute approximate surface area is 183 Å². The highest BCUT2D eigenvalue weighted by Gasteiger charge is 2.48. The maximum Gasteiger partial charge on any atom is 0.101 e. The minimum Gasteiger partial charge on any atom is -0.0837 e. The average molecular weight is 414 g/mol. The zero-order valence-corrected chi connectivity index (χ0v) is 21.1. The van der Waals surface area contributed by atoms with Crippen molar-refractivity contribution >= 4 is 12.6 Å². The summed E-state index contributed by atoms with van der Waals surface area (Å²) in [6.45, 7) is 14.7. The highest BCUT2D eigenvalue weighted by atomic mass is 31.2. The molecule has 0 N–H and O–H groups in total. The van der Waals surface area contributed by atoms with Gasteiger partial charge in [-0.2, -0.15) is 0 Å². The summed E-state index contributed by atoms with van der Waals surface area (Å²) < 4.78 is 0. The summed E-state index contributed by atoms with van der Waals surface area (Å²) in [7, 11) is -1.45. The summed E-state index contributed by atoms with van der Waals surface area (Å²) in [5.74, 6) is 0. The van der Waals surface area contributed by atoms with E-state index in [4.69, 9.17) is 0 Å². The molecule has 0 saturated heterocycles. The van der Waals surface area contributed by atoms with Crippen LogP contribution in [0, 0.1) is 0 Å². The fraction of sp³-hybridized carbons (Fsp3) is 0.500. The van der Waals surface area contributed by atoms with E-state index >= 15 is 0 Å². The normalized spacial score (nSPS) is 17.8. The van der Waals surface area contributed by atoms with Gasteiger partial charge in [0.05, 0.1) is 24.0 Å². The molecule has 1 aliphatic carbocycles. The third-order valence-corrected chi connectivity index (χ3v) is 10.3. The number of rotatable bonds is 9. The van der Waals surface area contributed by atoms with Crippen LogP contribution < -0.4 is 5.30 Å². The highest BCUT2D eigenvalue weighted by Crippen LogP contribution is 2.70. The Morgan fingerprint density at radius 2 is 1.66 bits per heavy atom. The molecule has 1 aliphatic rings. The minimum atomic E-state index is -1.45. The van der Waals surface area contributed by atoms with Gasteiger partial charge in [0, 0.05) is 6.42 Å². The molecule has 162 valence electrons. The zero-order chi connectivity index (χ0) is 22.0. The Bertz CT molecular complexity index is 621. The summed E-state index contributed by atoms with van der Waals surface area (Å²) in [5, 5.41) is 3.14. The van der Waals surface area contributed by atoms with Crippen LogP contribution in [0.4, 0.5) is 0 Å². The monoisotopic (exact) mass is 413 g/mol. The van der Waals surface area contributed by atoms with Crippen molar-refractivity contribution in [3.8, 4) is 0 Å². The maximum atomic E-state index is 2.48. The smallest absolute Gasteiger partial charge is 0.0837 e. The van der Waals surface area contributed by atoms with Crippen molar-refractivity contribution < 1.29 is 0 Å². The predicted octanol–water partition coefficient (Wildman–Crippen LogP) is 9.33. The van der Waals surface area contributed by atoms with E-state index in [1.54, 1.807) is 10.6 Å². The number of hydrogen-bond donors (Lipinski definition) is 0. The van der Waals surface area contributed by atoms with Crippen LogP contribution in [-0.2, 0) is 0 Å². The Hall–Kier alpha value is -1.39. The first-order valence-electron chi connectivity index (χ1n) is 11.9. The molecule has 0 saturated carbocycles. The van der Waals surface area contributed by atoms with Gasteiger partial charge in [0.25, 0.3) is 0 Å². The molecule has 0 bridgehead atoms. The largest absolute Gasteiger partial charge is 0.101 e. The third-order valence-electron chi connectivity index (χ3n) is 5.20. The van der Waals surface area contributed by atoms with Crippen molar-refractivity contribution in [2.24, 2.45) is 0 Å². The summed E-state index contributed by atoms with van der Waals surface area (Å²) in [6.07, 6.45) is 24.1. The first-order valence-corrected chi connectivity index (χ1v) is 13.9. The second-order valence-corrected chi connectivity index (χ2v) is 10.7. The molecule has 0 spiro atoms. The standard InChI is InChI=1S/C24H34P.2C2H6/c1-4-7-8-15-21-25(22(6-3)16-5-2,23-17-11-9-12-18-23)24-19-13-10-14-20-24;2*1-2/h5-6,9-14,16-19,24H,4,7-8,15,20-21H2,1-3H3;2*1-2H3/q+1;;/b16-5-,22-6+;;. The lowest BCUT2D eigenvalue weighted by Crippen LogP contribution is -2.26. The SMILES string of the molecule is C/C=C\C(=C/C)[P+](CCCCCC)(c1ccccc1)C1C=CC=CC1.CC.CC. The van der Waals surface area contributed by atoms with Crippen LogP contribution in [0.5, 0.6) is 0 Å². The molecule has 2 unspecified atom stereocenters. The van der Waals surface area contributed by atoms with E-state index in [1.165, 1.54) is 38.3 Å². The van der Waals surface area contributed by atoms with Crippen LogP contribution in [0.25, 0.3) is 0 Å². The zero-order valence-electron chi connectivity index (χ0n) is 20.2. The summed E-state index contributed by atoms with van der Waals surface area (Å²) in [4.78, 5) is 0. The number of hydrogen-bond acceptors (Lipinski definition) is 0. The molecule has 1 aromatic rings. The van der Waals surface area contributed by atoms with Crippen molar-refractivity contribution in [2.45, 2.75) is 86.2 Å². The fourth-order valence-corrected chi connectivity index (χ4v) is 9.05. The highest BCUT2D eigenvalue weighted by molar-refractivity contribution is 7.87. The van der Waals surface area contributed by atoms with Crippen LogP contribution in [0.1, 0.15) is 80.6 Å². The first-order chi connectivity index (χ1) is 14.3. The molecule has 0 nitrogen and oxygen atoms in total. The second kappa shape index (κ2) is 17.5.